The zero-order valence-corrected chi connectivity index (χ0v) is 8.11. The third kappa shape index (κ3) is 2.46. The van der Waals surface area contributed by atoms with E-state index in [0.29, 0.717) is 0 Å². The molecular formula is C7H9Cl2P. The Labute approximate surface area is 74.6 Å². The average Bonchev–Trinajstić information content (AvgIpc) is 1.89. The lowest BCUT2D eigenvalue weighted by molar-refractivity contribution is 1.42. The Kier molecular flexibility index (Phi) is 5.07. The van der Waals surface area contributed by atoms with Crippen molar-refractivity contribution in [2.24, 2.45) is 0 Å². The minimum absolute atomic E-state index is 0. The molecule has 1 atom stereocenters. The van der Waals surface area contributed by atoms with Crippen LogP contribution in [-0.2, 0) is 6.16 Å². The highest BCUT2D eigenvalue weighted by molar-refractivity contribution is 7.15. The molecule has 1 unspecified atom stereocenters. The van der Waals surface area contributed by atoms with E-state index in [2.05, 4.69) is 9.24 Å². The topological polar surface area (TPSA) is 0 Å². The zero-order valence-electron chi connectivity index (χ0n) is 5.38. The van der Waals surface area contributed by atoms with Crippen molar-refractivity contribution in [3.63, 3.8) is 0 Å². The Bertz CT molecular complexity index is 201. The molecule has 0 bridgehead atoms. The third-order valence-electron chi connectivity index (χ3n) is 1.18. The van der Waals surface area contributed by atoms with Gasteiger partial charge in [0.1, 0.15) is 0 Å². The van der Waals surface area contributed by atoms with Crippen LogP contribution >= 0.6 is 33.2 Å². The van der Waals surface area contributed by atoms with Crippen LogP contribution in [0, 0.1) is 0 Å². The molecule has 0 aliphatic rings. The van der Waals surface area contributed by atoms with Crippen molar-refractivity contribution in [2.45, 2.75) is 6.16 Å². The molecule has 10 heavy (non-hydrogen) atoms. The summed E-state index contributed by atoms with van der Waals surface area (Å²) in [6.07, 6.45) is 0.930. The summed E-state index contributed by atoms with van der Waals surface area (Å²) in [6, 6.07) is 7.85. The first-order valence-electron chi connectivity index (χ1n) is 2.78. The fourth-order valence-corrected chi connectivity index (χ4v) is 1.36. The number of halogens is 2. The molecule has 0 nitrogen and oxygen atoms in total. The molecule has 1 aromatic rings. The molecule has 3 heteroatoms. The van der Waals surface area contributed by atoms with E-state index >= 15 is 0 Å². The summed E-state index contributed by atoms with van der Waals surface area (Å²) in [5.41, 5.74) is 1.18. The second-order valence-corrected chi connectivity index (χ2v) is 2.61. The molecule has 0 aromatic heterocycles. The van der Waals surface area contributed by atoms with Gasteiger partial charge in [0, 0.05) is 5.02 Å². The van der Waals surface area contributed by atoms with E-state index in [9.17, 15) is 0 Å². The van der Waals surface area contributed by atoms with Gasteiger partial charge in [0.25, 0.3) is 0 Å². The molecule has 0 saturated carbocycles. The van der Waals surface area contributed by atoms with E-state index in [0.717, 1.165) is 11.2 Å². The summed E-state index contributed by atoms with van der Waals surface area (Å²) in [6.45, 7) is 0. The summed E-state index contributed by atoms with van der Waals surface area (Å²) < 4.78 is 0. The van der Waals surface area contributed by atoms with E-state index in [1.807, 2.05) is 24.3 Å². The maximum atomic E-state index is 5.81. The van der Waals surface area contributed by atoms with Crippen LogP contribution in [0.5, 0.6) is 0 Å². The molecule has 0 aliphatic heterocycles. The van der Waals surface area contributed by atoms with Crippen molar-refractivity contribution in [2.75, 3.05) is 0 Å². The highest BCUT2D eigenvalue weighted by Crippen LogP contribution is 2.16. The van der Waals surface area contributed by atoms with Gasteiger partial charge in [-0.3, -0.25) is 0 Å². The second-order valence-electron chi connectivity index (χ2n) is 1.80. The third-order valence-corrected chi connectivity index (χ3v) is 1.99. The van der Waals surface area contributed by atoms with E-state index in [1.165, 1.54) is 5.56 Å². The quantitative estimate of drug-likeness (QED) is 0.603. The fourth-order valence-electron chi connectivity index (χ4n) is 0.664. The highest BCUT2D eigenvalue weighted by Gasteiger charge is 1.91. The number of hydrogen-bond acceptors (Lipinski definition) is 0. The van der Waals surface area contributed by atoms with Crippen LogP contribution in [0.15, 0.2) is 24.3 Å². The molecule has 1 aromatic carbocycles. The maximum absolute atomic E-state index is 5.81. The van der Waals surface area contributed by atoms with Crippen LogP contribution < -0.4 is 0 Å². The van der Waals surface area contributed by atoms with Gasteiger partial charge in [-0.05, 0) is 17.8 Å². The molecule has 0 N–H and O–H groups in total. The summed E-state index contributed by atoms with van der Waals surface area (Å²) in [5.74, 6) is 0. The summed E-state index contributed by atoms with van der Waals surface area (Å²) >= 11 is 5.81. The van der Waals surface area contributed by atoms with Gasteiger partial charge in [0.05, 0.1) is 0 Å². The minimum Gasteiger partial charge on any atom is -0.147 e. The predicted molar refractivity (Wildman–Crippen MR) is 52.1 cm³/mol. The van der Waals surface area contributed by atoms with E-state index in [-0.39, 0.29) is 12.4 Å². The molecule has 0 heterocycles. The lowest BCUT2D eigenvalue weighted by Gasteiger charge is -1.96. The van der Waals surface area contributed by atoms with Crippen LogP contribution in [0.4, 0.5) is 0 Å². The van der Waals surface area contributed by atoms with Gasteiger partial charge in [-0.2, -0.15) is 0 Å². The largest absolute Gasteiger partial charge is 0.147 e. The van der Waals surface area contributed by atoms with E-state index in [1.54, 1.807) is 0 Å². The lowest BCUT2D eigenvalue weighted by atomic mass is 10.2. The van der Waals surface area contributed by atoms with Crippen LogP contribution in [0.3, 0.4) is 0 Å². The highest BCUT2D eigenvalue weighted by atomic mass is 35.5. The van der Waals surface area contributed by atoms with Crippen LogP contribution in [0.25, 0.3) is 0 Å². The van der Waals surface area contributed by atoms with Gasteiger partial charge in [-0.15, -0.1) is 21.6 Å². The lowest BCUT2D eigenvalue weighted by Crippen LogP contribution is -1.75. The monoisotopic (exact) mass is 194 g/mol. The number of hydrogen-bond donors (Lipinski definition) is 0. The van der Waals surface area contributed by atoms with Gasteiger partial charge >= 0.3 is 0 Å². The Morgan fingerprint density at radius 3 is 2.30 bits per heavy atom. The Balaban J connectivity index is 0.000000810. The first-order valence-corrected chi connectivity index (χ1v) is 3.97. The zero-order chi connectivity index (χ0) is 6.69. The van der Waals surface area contributed by atoms with Crippen LogP contribution in [0.1, 0.15) is 5.56 Å². The van der Waals surface area contributed by atoms with Gasteiger partial charge in [0.2, 0.25) is 0 Å². The standard InChI is InChI=1S/C7H8ClP.ClH/c8-7-4-2-1-3-6(7)5-9;/h1-4H,5,9H2;1H. The minimum atomic E-state index is 0. The maximum Gasteiger partial charge on any atom is 0.0441 e. The van der Waals surface area contributed by atoms with Gasteiger partial charge in [-0.25, -0.2) is 0 Å². The number of rotatable bonds is 1. The average molecular weight is 195 g/mol. The van der Waals surface area contributed by atoms with Crippen molar-refractivity contribution < 1.29 is 0 Å². The van der Waals surface area contributed by atoms with Crippen LogP contribution in [0.2, 0.25) is 5.02 Å². The van der Waals surface area contributed by atoms with Gasteiger partial charge < -0.3 is 0 Å². The molecular weight excluding hydrogens is 186 g/mol. The Morgan fingerprint density at radius 2 is 1.90 bits per heavy atom. The first-order chi connectivity index (χ1) is 4.34. The second kappa shape index (κ2) is 4.96. The molecule has 0 fully saturated rings. The summed E-state index contributed by atoms with van der Waals surface area (Å²) in [7, 11) is 2.64. The van der Waals surface area contributed by atoms with Gasteiger partial charge in [-0.1, -0.05) is 29.8 Å². The van der Waals surface area contributed by atoms with Crippen molar-refractivity contribution in [3.8, 4) is 0 Å². The van der Waals surface area contributed by atoms with Crippen molar-refractivity contribution in [1.82, 2.24) is 0 Å². The van der Waals surface area contributed by atoms with E-state index in [4.69, 9.17) is 11.6 Å². The summed E-state index contributed by atoms with van der Waals surface area (Å²) in [5, 5.41) is 0.854. The van der Waals surface area contributed by atoms with Crippen molar-refractivity contribution in [1.29, 1.82) is 0 Å². The molecule has 0 radical (unpaired) electrons. The molecule has 0 aliphatic carbocycles. The normalized spacial score (nSPS) is 8.60. The van der Waals surface area contributed by atoms with Crippen molar-refractivity contribution >= 4 is 33.2 Å². The predicted octanol–water partition coefficient (Wildman–Crippen LogP) is 3.14. The molecule has 56 valence electrons. The smallest absolute Gasteiger partial charge is 0.0441 e. The number of benzene rings is 1. The molecule has 0 amide bonds. The molecule has 0 saturated heterocycles. The Morgan fingerprint density at radius 1 is 1.30 bits per heavy atom. The van der Waals surface area contributed by atoms with Gasteiger partial charge in [0.15, 0.2) is 0 Å². The fraction of sp³-hybridized carbons (Fsp3) is 0.143. The molecule has 1 rings (SSSR count). The van der Waals surface area contributed by atoms with Crippen LogP contribution in [-0.4, -0.2) is 0 Å². The van der Waals surface area contributed by atoms with Crippen molar-refractivity contribution in [3.05, 3.63) is 34.9 Å². The molecule has 0 spiro atoms. The van der Waals surface area contributed by atoms with E-state index < -0.39 is 0 Å². The SMILES string of the molecule is Cl.PCc1ccccc1Cl. The summed E-state index contributed by atoms with van der Waals surface area (Å²) in [4.78, 5) is 0. The Hall–Kier alpha value is 0.230. The first kappa shape index (κ1) is 10.2.